The van der Waals surface area contributed by atoms with Gasteiger partial charge < -0.3 is 14.3 Å². The van der Waals surface area contributed by atoms with Gasteiger partial charge in [-0.15, -0.1) is 0 Å². The van der Waals surface area contributed by atoms with Gasteiger partial charge in [-0.3, -0.25) is 19.3 Å². The van der Waals surface area contributed by atoms with Gasteiger partial charge in [0.15, 0.2) is 0 Å². The second-order valence-electron chi connectivity index (χ2n) is 5.88. The van der Waals surface area contributed by atoms with E-state index in [2.05, 4.69) is 0 Å². The van der Waals surface area contributed by atoms with Crippen molar-refractivity contribution in [1.29, 1.82) is 0 Å². The van der Waals surface area contributed by atoms with Crippen molar-refractivity contribution in [3.8, 4) is 11.3 Å². The molecular formula is C19H15NO7S. The van der Waals surface area contributed by atoms with E-state index in [1.165, 1.54) is 13.2 Å². The zero-order valence-corrected chi connectivity index (χ0v) is 15.7. The van der Waals surface area contributed by atoms with Crippen LogP contribution in [0.5, 0.6) is 0 Å². The maximum absolute atomic E-state index is 12.2. The molecule has 1 aliphatic heterocycles. The Morgan fingerprint density at radius 1 is 1.25 bits per heavy atom. The molecule has 144 valence electrons. The van der Waals surface area contributed by atoms with Crippen LogP contribution in [0.4, 0.5) is 4.79 Å². The Morgan fingerprint density at radius 3 is 2.68 bits per heavy atom. The summed E-state index contributed by atoms with van der Waals surface area (Å²) in [5.41, 5.74) is 1.92. The predicted octanol–water partition coefficient (Wildman–Crippen LogP) is 3.16. The van der Waals surface area contributed by atoms with Gasteiger partial charge in [-0.1, -0.05) is 6.07 Å². The molecule has 28 heavy (non-hydrogen) atoms. The molecule has 0 spiro atoms. The van der Waals surface area contributed by atoms with Crippen molar-refractivity contribution in [2.75, 3.05) is 13.7 Å². The minimum absolute atomic E-state index is 0.0761. The highest BCUT2D eigenvalue weighted by Gasteiger charge is 2.36. The van der Waals surface area contributed by atoms with Crippen molar-refractivity contribution in [1.82, 2.24) is 4.90 Å². The molecule has 1 fully saturated rings. The summed E-state index contributed by atoms with van der Waals surface area (Å²) in [5.74, 6) is -1.64. The van der Waals surface area contributed by atoms with Gasteiger partial charge in [0.2, 0.25) is 0 Å². The molecule has 1 aromatic carbocycles. The van der Waals surface area contributed by atoms with E-state index in [4.69, 9.17) is 14.3 Å². The van der Waals surface area contributed by atoms with Gasteiger partial charge in [0, 0.05) is 11.6 Å². The monoisotopic (exact) mass is 401 g/mol. The third-order valence-electron chi connectivity index (χ3n) is 3.99. The zero-order chi connectivity index (χ0) is 20.4. The average molecular weight is 401 g/mol. The topological polar surface area (TPSA) is 114 Å². The van der Waals surface area contributed by atoms with Crippen LogP contribution in [0.1, 0.15) is 21.7 Å². The fraction of sp³-hybridized carbons (Fsp3) is 0.158. The summed E-state index contributed by atoms with van der Waals surface area (Å²) in [7, 11) is 1.30. The Labute approximate surface area is 163 Å². The number of furan rings is 1. The number of carbonyl (C=O) groups excluding carboxylic acids is 3. The molecule has 1 saturated heterocycles. The molecule has 2 amide bonds. The van der Waals surface area contributed by atoms with Crippen molar-refractivity contribution in [3.05, 3.63) is 52.1 Å². The summed E-state index contributed by atoms with van der Waals surface area (Å²) in [6.07, 6.45) is 1.38. The van der Waals surface area contributed by atoms with Gasteiger partial charge in [-0.2, -0.15) is 0 Å². The van der Waals surface area contributed by atoms with Crippen LogP contribution >= 0.6 is 11.8 Å². The number of carbonyl (C=O) groups is 4. The van der Waals surface area contributed by atoms with Crippen molar-refractivity contribution in [3.63, 3.8) is 0 Å². The maximum atomic E-state index is 12.2. The number of hydrogen-bond donors (Lipinski definition) is 1. The van der Waals surface area contributed by atoms with Crippen LogP contribution < -0.4 is 0 Å². The summed E-state index contributed by atoms with van der Waals surface area (Å²) >= 11 is 0.650. The molecule has 0 radical (unpaired) electrons. The highest BCUT2D eigenvalue weighted by Crippen LogP contribution is 2.33. The molecule has 0 atom stereocenters. The van der Waals surface area contributed by atoms with Gasteiger partial charge in [-0.05, 0) is 48.5 Å². The standard InChI is InChI=1S/C19H15NO7S/c1-10-3-4-11(18(24)26-2)7-13(10)14-6-5-12(27-14)8-15-17(23)20(9-16(21)22)19(25)28-15/h3-8H,9H2,1-2H3,(H,21,22)/b15-8+. The number of esters is 1. The third-order valence-corrected chi connectivity index (χ3v) is 4.90. The van der Waals surface area contributed by atoms with Gasteiger partial charge in [0.05, 0.1) is 17.6 Å². The fourth-order valence-electron chi connectivity index (χ4n) is 2.61. The number of benzene rings is 1. The summed E-state index contributed by atoms with van der Waals surface area (Å²) in [4.78, 5) is 47.3. The molecular weight excluding hydrogens is 386 g/mol. The van der Waals surface area contributed by atoms with Crippen LogP contribution in [0.15, 0.2) is 39.7 Å². The minimum Gasteiger partial charge on any atom is -0.480 e. The number of thioether (sulfide) groups is 1. The van der Waals surface area contributed by atoms with Crippen molar-refractivity contribution < 1.29 is 33.4 Å². The molecule has 0 saturated carbocycles. The molecule has 0 bridgehead atoms. The second kappa shape index (κ2) is 7.73. The van der Waals surface area contributed by atoms with Crippen molar-refractivity contribution in [2.45, 2.75) is 6.92 Å². The number of amides is 2. The molecule has 9 heteroatoms. The number of carboxylic acids is 1. The zero-order valence-electron chi connectivity index (χ0n) is 14.9. The summed E-state index contributed by atoms with van der Waals surface area (Å²) in [5, 5.41) is 8.15. The SMILES string of the molecule is COC(=O)c1ccc(C)c(-c2ccc(/C=C3/SC(=O)N(CC(=O)O)C3=O)o2)c1. The molecule has 1 aliphatic rings. The van der Waals surface area contributed by atoms with E-state index in [1.807, 2.05) is 6.92 Å². The first-order valence-corrected chi connectivity index (χ1v) is 8.88. The van der Waals surface area contributed by atoms with Crippen molar-refractivity contribution in [2.24, 2.45) is 0 Å². The summed E-state index contributed by atoms with van der Waals surface area (Å²) < 4.78 is 10.5. The lowest BCUT2D eigenvalue weighted by atomic mass is 10.0. The lowest BCUT2D eigenvalue weighted by molar-refractivity contribution is -0.140. The molecule has 8 nitrogen and oxygen atoms in total. The van der Waals surface area contributed by atoms with E-state index in [-0.39, 0.29) is 4.91 Å². The Bertz CT molecular complexity index is 1020. The fourth-order valence-corrected chi connectivity index (χ4v) is 3.43. The highest BCUT2D eigenvalue weighted by atomic mass is 32.2. The van der Waals surface area contributed by atoms with E-state index < -0.39 is 29.6 Å². The molecule has 2 aromatic rings. The smallest absolute Gasteiger partial charge is 0.337 e. The lowest BCUT2D eigenvalue weighted by Gasteiger charge is -2.07. The van der Waals surface area contributed by atoms with Crippen LogP contribution in [-0.2, 0) is 14.3 Å². The first-order valence-electron chi connectivity index (χ1n) is 8.06. The number of rotatable bonds is 5. The largest absolute Gasteiger partial charge is 0.480 e. The maximum Gasteiger partial charge on any atom is 0.337 e. The Morgan fingerprint density at radius 2 is 2.00 bits per heavy atom. The van der Waals surface area contributed by atoms with Crippen molar-refractivity contribution >= 4 is 40.9 Å². The quantitative estimate of drug-likeness (QED) is 0.600. The van der Waals surface area contributed by atoms with Crippen LogP contribution in [0.25, 0.3) is 17.4 Å². The average Bonchev–Trinajstić information content (AvgIpc) is 3.21. The molecule has 3 rings (SSSR count). The van der Waals surface area contributed by atoms with Crippen LogP contribution in [-0.4, -0.2) is 46.7 Å². The van der Waals surface area contributed by atoms with Crippen LogP contribution in [0, 0.1) is 6.92 Å². The number of aryl methyl sites for hydroxylation is 1. The third kappa shape index (κ3) is 3.84. The van der Waals surface area contributed by atoms with Gasteiger partial charge in [0.1, 0.15) is 18.1 Å². The Hall–Kier alpha value is -3.33. The first kappa shape index (κ1) is 19.4. The highest BCUT2D eigenvalue weighted by molar-refractivity contribution is 8.18. The second-order valence-corrected chi connectivity index (χ2v) is 6.88. The van der Waals surface area contributed by atoms with E-state index in [0.717, 1.165) is 5.56 Å². The minimum atomic E-state index is -1.27. The van der Waals surface area contributed by atoms with E-state index in [9.17, 15) is 19.2 Å². The van der Waals surface area contributed by atoms with Gasteiger partial charge in [0.25, 0.3) is 11.1 Å². The van der Waals surface area contributed by atoms with E-state index >= 15 is 0 Å². The molecule has 2 heterocycles. The van der Waals surface area contributed by atoms with E-state index in [0.29, 0.717) is 39.3 Å². The lowest BCUT2D eigenvalue weighted by Crippen LogP contribution is -2.33. The Kier molecular flexibility index (Phi) is 5.36. The van der Waals surface area contributed by atoms with Gasteiger partial charge >= 0.3 is 11.9 Å². The number of carboxylic acid groups (broad SMARTS) is 1. The predicted molar refractivity (Wildman–Crippen MR) is 101 cm³/mol. The number of imide groups is 1. The molecule has 1 N–H and O–H groups in total. The van der Waals surface area contributed by atoms with E-state index in [1.54, 1.807) is 30.3 Å². The number of aliphatic carboxylic acids is 1. The number of nitrogens with zero attached hydrogens (tertiary/aromatic N) is 1. The van der Waals surface area contributed by atoms with Crippen LogP contribution in [0.3, 0.4) is 0 Å². The molecule has 0 aliphatic carbocycles. The normalized spacial score (nSPS) is 15.4. The first-order chi connectivity index (χ1) is 13.3. The number of ether oxygens (including phenoxy) is 1. The summed E-state index contributed by atoms with van der Waals surface area (Å²) in [6, 6.07) is 8.35. The number of methoxy groups -OCH3 is 1. The molecule has 1 aromatic heterocycles. The summed E-state index contributed by atoms with van der Waals surface area (Å²) in [6.45, 7) is 1.17. The van der Waals surface area contributed by atoms with Gasteiger partial charge in [-0.25, -0.2) is 4.79 Å². The molecule has 0 unspecified atom stereocenters. The number of hydrogen-bond acceptors (Lipinski definition) is 7. The van der Waals surface area contributed by atoms with Crippen LogP contribution in [0.2, 0.25) is 0 Å². The Balaban J connectivity index is 1.88.